The molecule has 6 nitrogen and oxygen atoms in total. The molecule has 0 radical (unpaired) electrons. The summed E-state index contributed by atoms with van der Waals surface area (Å²) >= 11 is 0. The van der Waals surface area contributed by atoms with Crippen molar-refractivity contribution >= 4 is 23.2 Å². The van der Waals surface area contributed by atoms with Crippen LogP contribution in [0.1, 0.15) is 25.8 Å². The predicted octanol–water partition coefficient (Wildman–Crippen LogP) is 4.39. The maximum Gasteiger partial charge on any atom is 0.416 e. The van der Waals surface area contributed by atoms with Crippen molar-refractivity contribution in [2.24, 2.45) is 0 Å². The number of hydrogen-bond donors (Lipinski definition) is 2. The predicted molar refractivity (Wildman–Crippen MR) is 113 cm³/mol. The van der Waals surface area contributed by atoms with Crippen LogP contribution in [0, 0.1) is 0 Å². The summed E-state index contributed by atoms with van der Waals surface area (Å²) in [5.74, 6) is -0.196. The molecule has 2 aromatic rings. The maximum absolute atomic E-state index is 12.7. The molecule has 0 heterocycles. The second kappa shape index (κ2) is 11.4. The zero-order chi connectivity index (χ0) is 22.9. The van der Waals surface area contributed by atoms with Gasteiger partial charge in [0.25, 0.3) is 0 Å². The van der Waals surface area contributed by atoms with Crippen molar-refractivity contribution in [2.75, 3.05) is 36.9 Å². The van der Waals surface area contributed by atoms with Crippen LogP contribution in [-0.2, 0) is 15.8 Å². The van der Waals surface area contributed by atoms with E-state index in [0.717, 1.165) is 12.1 Å². The first-order valence-corrected chi connectivity index (χ1v) is 9.87. The molecule has 0 fully saturated rings. The molecular formula is C22H26F3N3O3. The molecule has 0 aliphatic heterocycles. The topological polar surface area (TPSA) is 70.7 Å². The molecule has 0 unspecified atom stereocenters. The second-order valence-corrected chi connectivity index (χ2v) is 6.90. The van der Waals surface area contributed by atoms with Crippen LogP contribution < -0.4 is 15.4 Å². The van der Waals surface area contributed by atoms with Gasteiger partial charge in [0.15, 0.2) is 0 Å². The van der Waals surface area contributed by atoms with Crippen LogP contribution in [0.2, 0.25) is 0 Å². The van der Waals surface area contributed by atoms with Gasteiger partial charge in [0.1, 0.15) is 5.75 Å². The van der Waals surface area contributed by atoms with Gasteiger partial charge in [-0.3, -0.25) is 14.5 Å². The maximum atomic E-state index is 12.7. The van der Waals surface area contributed by atoms with E-state index in [1.165, 1.54) is 19.1 Å². The fourth-order valence-electron chi connectivity index (χ4n) is 2.83. The van der Waals surface area contributed by atoms with Crippen LogP contribution in [-0.4, -0.2) is 43.0 Å². The Balaban J connectivity index is 1.75. The SMILES string of the molecule is CCN(CCCOc1cccc(C(F)(F)F)c1)CC(=O)Nc1ccc(NC(C)=O)cc1. The van der Waals surface area contributed by atoms with Gasteiger partial charge < -0.3 is 15.4 Å². The van der Waals surface area contributed by atoms with Gasteiger partial charge >= 0.3 is 6.18 Å². The third-order valence-corrected chi connectivity index (χ3v) is 4.35. The molecule has 0 saturated heterocycles. The van der Waals surface area contributed by atoms with Crippen molar-refractivity contribution in [1.29, 1.82) is 0 Å². The van der Waals surface area contributed by atoms with E-state index in [1.807, 2.05) is 11.8 Å². The number of alkyl halides is 3. The Morgan fingerprint density at radius 1 is 1.03 bits per heavy atom. The molecule has 31 heavy (non-hydrogen) atoms. The molecule has 0 atom stereocenters. The highest BCUT2D eigenvalue weighted by Gasteiger charge is 2.30. The fraction of sp³-hybridized carbons (Fsp3) is 0.364. The van der Waals surface area contributed by atoms with Crippen molar-refractivity contribution in [2.45, 2.75) is 26.4 Å². The Morgan fingerprint density at radius 2 is 1.68 bits per heavy atom. The Bertz CT molecular complexity index is 870. The molecule has 0 aliphatic rings. The minimum Gasteiger partial charge on any atom is -0.494 e. The zero-order valence-corrected chi connectivity index (χ0v) is 17.5. The van der Waals surface area contributed by atoms with Gasteiger partial charge in [0.2, 0.25) is 11.8 Å². The van der Waals surface area contributed by atoms with E-state index in [-0.39, 0.29) is 30.7 Å². The fourth-order valence-corrected chi connectivity index (χ4v) is 2.83. The highest BCUT2D eigenvalue weighted by molar-refractivity contribution is 5.93. The molecule has 2 N–H and O–H groups in total. The average Bonchev–Trinajstić information content (AvgIpc) is 2.71. The molecule has 2 amide bonds. The monoisotopic (exact) mass is 437 g/mol. The number of carbonyl (C=O) groups is 2. The molecule has 9 heteroatoms. The van der Waals surface area contributed by atoms with E-state index in [1.54, 1.807) is 24.3 Å². The van der Waals surface area contributed by atoms with Gasteiger partial charge in [-0.15, -0.1) is 0 Å². The Kier molecular flexibility index (Phi) is 8.87. The first kappa shape index (κ1) is 24.2. The van der Waals surface area contributed by atoms with Crippen LogP contribution >= 0.6 is 0 Å². The molecule has 2 rings (SSSR count). The number of nitrogens with zero attached hydrogens (tertiary/aromatic N) is 1. The molecule has 168 valence electrons. The zero-order valence-electron chi connectivity index (χ0n) is 17.5. The van der Waals surface area contributed by atoms with Crippen LogP contribution in [0.15, 0.2) is 48.5 Å². The molecule has 0 aromatic heterocycles. The van der Waals surface area contributed by atoms with Crippen LogP contribution in [0.4, 0.5) is 24.5 Å². The summed E-state index contributed by atoms with van der Waals surface area (Å²) < 4.78 is 43.6. The van der Waals surface area contributed by atoms with E-state index >= 15 is 0 Å². The summed E-state index contributed by atoms with van der Waals surface area (Å²) in [4.78, 5) is 25.2. The van der Waals surface area contributed by atoms with Crippen molar-refractivity contribution in [1.82, 2.24) is 4.90 Å². The van der Waals surface area contributed by atoms with Gasteiger partial charge in [-0.2, -0.15) is 13.2 Å². The molecular weight excluding hydrogens is 411 g/mol. The highest BCUT2D eigenvalue weighted by atomic mass is 19.4. The minimum atomic E-state index is -4.41. The number of benzene rings is 2. The molecule has 0 spiro atoms. The van der Waals surface area contributed by atoms with Crippen LogP contribution in [0.25, 0.3) is 0 Å². The van der Waals surface area contributed by atoms with Crippen LogP contribution in [0.3, 0.4) is 0 Å². The van der Waals surface area contributed by atoms with Crippen molar-refractivity contribution < 1.29 is 27.5 Å². The second-order valence-electron chi connectivity index (χ2n) is 6.90. The summed E-state index contributed by atoms with van der Waals surface area (Å²) in [6, 6.07) is 11.5. The Labute approximate surface area is 179 Å². The molecule has 0 bridgehead atoms. The first-order valence-electron chi connectivity index (χ1n) is 9.87. The van der Waals surface area contributed by atoms with E-state index in [0.29, 0.717) is 30.9 Å². The lowest BCUT2D eigenvalue weighted by Crippen LogP contribution is -2.34. The quantitative estimate of drug-likeness (QED) is 0.541. The standard InChI is InChI=1S/C22H26F3N3O3/c1-3-28(12-5-13-31-20-7-4-6-17(14-20)22(23,24)25)15-21(30)27-19-10-8-18(9-11-19)26-16(2)29/h4,6-11,14H,3,5,12-13,15H2,1-2H3,(H,26,29)(H,27,30). The third-order valence-electron chi connectivity index (χ3n) is 4.35. The Morgan fingerprint density at radius 3 is 2.26 bits per heavy atom. The number of carbonyl (C=O) groups excluding carboxylic acids is 2. The van der Waals surface area contributed by atoms with Crippen molar-refractivity contribution in [3.63, 3.8) is 0 Å². The van der Waals surface area contributed by atoms with Gasteiger partial charge in [0.05, 0.1) is 18.7 Å². The lowest BCUT2D eigenvalue weighted by Gasteiger charge is -2.20. The number of ether oxygens (including phenoxy) is 1. The largest absolute Gasteiger partial charge is 0.494 e. The van der Waals surface area contributed by atoms with E-state index in [4.69, 9.17) is 4.74 Å². The molecule has 2 aromatic carbocycles. The van der Waals surface area contributed by atoms with Crippen molar-refractivity contribution in [3.05, 3.63) is 54.1 Å². The molecule has 0 saturated carbocycles. The van der Waals surface area contributed by atoms with Gasteiger partial charge in [-0.05, 0) is 55.4 Å². The summed E-state index contributed by atoms with van der Waals surface area (Å²) in [6.45, 7) is 4.95. The summed E-state index contributed by atoms with van der Waals surface area (Å²) in [6.07, 6.45) is -3.85. The minimum absolute atomic E-state index is 0.165. The number of nitrogens with one attached hydrogen (secondary N) is 2. The summed E-state index contributed by atoms with van der Waals surface area (Å²) in [5.41, 5.74) is 0.506. The lowest BCUT2D eigenvalue weighted by atomic mass is 10.2. The normalized spacial score (nSPS) is 11.3. The van der Waals surface area contributed by atoms with Gasteiger partial charge in [-0.1, -0.05) is 13.0 Å². The number of halogens is 3. The first-order chi connectivity index (χ1) is 14.7. The Hall–Kier alpha value is -3.07. The van der Waals surface area contributed by atoms with Gasteiger partial charge in [-0.25, -0.2) is 0 Å². The van der Waals surface area contributed by atoms with Crippen LogP contribution in [0.5, 0.6) is 5.75 Å². The highest BCUT2D eigenvalue weighted by Crippen LogP contribution is 2.31. The number of rotatable bonds is 10. The van der Waals surface area contributed by atoms with E-state index < -0.39 is 11.7 Å². The number of anilines is 2. The third kappa shape index (κ3) is 8.67. The summed E-state index contributed by atoms with van der Waals surface area (Å²) in [7, 11) is 0. The number of amides is 2. The lowest BCUT2D eigenvalue weighted by molar-refractivity contribution is -0.137. The number of hydrogen-bond acceptors (Lipinski definition) is 4. The number of likely N-dealkylation sites (N-methyl/N-ethyl adjacent to an activating group) is 1. The summed E-state index contributed by atoms with van der Waals surface area (Å²) in [5, 5.41) is 5.44. The van der Waals surface area contributed by atoms with Gasteiger partial charge in [0, 0.05) is 24.8 Å². The smallest absolute Gasteiger partial charge is 0.416 e. The molecule has 0 aliphatic carbocycles. The average molecular weight is 437 g/mol. The van der Waals surface area contributed by atoms with E-state index in [2.05, 4.69) is 10.6 Å². The van der Waals surface area contributed by atoms with E-state index in [9.17, 15) is 22.8 Å². The van der Waals surface area contributed by atoms with Crippen molar-refractivity contribution in [3.8, 4) is 5.75 Å².